The van der Waals surface area contributed by atoms with E-state index in [2.05, 4.69) is 81.2 Å². The number of fused-ring (bicyclic) bond motifs is 2. The second kappa shape index (κ2) is 18.6. The monoisotopic (exact) mass is 858 g/mol. The van der Waals surface area contributed by atoms with Crippen molar-refractivity contribution in [1.29, 1.82) is 0 Å². The first-order chi connectivity index (χ1) is 31.2. The van der Waals surface area contributed by atoms with Crippen molar-refractivity contribution in [2.75, 3.05) is 0 Å². The van der Waals surface area contributed by atoms with Crippen LogP contribution in [0, 0.1) is 34.5 Å². The Morgan fingerprint density at radius 3 is 2.02 bits per heavy atom. The maximum absolute atomic E-state index is 13.4. The summed E-state index contributed by atoms with van der Waals surface area (Å²) in [6.07, 6.45) is 18.8. The normalized spacial score (nSPS) is 22.1. The molecule has 0 aliphatic heterocycles. The molecule has 0 heterocycles. The van der Waals surface area contributed by atoms with Gasteiger partial charge in [-0.3, -0.25) is 4.79 Å². The van der Waals surface area contributed by atoms with Gasteiger partial charge in [-0.25, -0.2) is 9.59 Å². The smallest absolute Gasteiger partial charge is 0.335 e. The van der Waals surface area contributed by atoms with E-state index in [4.69, 9.17) is 0 Å². The number of carbonyl (C=O) groups is 4. The number of aromatic carboxylic acids is 2. The van der Waals surface area contributed by atoms with E-state index in [0.717, 1.165) is 77.5 Å². The van der Waals surface area contributed by atoms with Gasteiger partial charge in [-0.1, -0.05) is 142 Å². The summed E-state index contributed by atoms with van der Waals surface area (Å²) >= 11 is 0. The van der Waals surface area contributed by atoms with Crippen molar-refractivity contribution < 1.29 is 29.4 Å². The highest BCUT2D eigenvalue weighted by Crippen LogP contribution is 2.57. The number of carbonyl (C=O) groups excluding carboxylic acids is 2. The minimum atomic E-state index is -0.988. The molecule has 4 atom stereocenters. The molecule has 3 aliphatic rings. The van der Waals surface area contributed by atoms with Crippen LogP contribution in [0.3, 0.4) is 0 Å². The Hall–Kier alpha value is -7.10. The average Bonchev–Trinajstić information content (AvgIpc) is 3.31. The molecule has 1 saturated carbocycles. The zero-order valence-corrected chi connectivity index (χ0v) is 37.2. The maximum Gasteiger partial charge on any atom is 0.335 e. The van der Waals surface area contributed by atoms with Crippen LogP contribution >= 0.6 is 0 Å². The minimum absolute atomic E-state index is 0.111. The van der Waals surface area contributed by atoms with Crippen molar-refractivity contribution >= 4 is 41.7 Å². The predicted octanol–water partition coefficient (Wildman–Crippen LogP) is 12.7. The fourth-order valence-electron chi connectivity index (χ4n) is 10.2. The van der Waals surface area contributed by atoms with Crippen molar-refractivity contribution in [2.45, 2.75) is 71.1 Å². The lowest BCUT2D eigenvalue weighted by Crippen LogP contribution is -2.46. The van der Waals surface area contributed by atoms with Crippen LogP contribution in [0.5, 0.6) is 0 Å². The molecule has 6 nitrogen and oxygen atoms in total. The molecule has 5 aromatic carbocycles. The number of carboxylic acid groups (broad SMARTS) is 2. The summed E-state index contributed by atoms with van der Waals surface area (Å²) in [4.78, 5) is 49.2. The van der Waals surface area contributed by atoms with Gasteiger partial charge >= 0.3 is 11.9 Å². The van der Waals surface area contributed by atoms with Crippen LogP contribution in [-0.2, 0) is 16.6 Å². The molecular weight excluding hydrogens is 805 g/mol. The SMILES string of the molecule is CC1(C)CC=C(c2ccc(CC3(C)CC=C(C#Cc4ccccc4)C4CCC(C=O)(C/C=C/c5ccc(C(=O)O)cc5)CC43)cc2)c2ccc(C(=O)/C=C/c3ccc(C(=O)O)cc3)cc21. The molecule has 0 radical (unpaired) electrons. The largest absolute Gasteiger partial charge is 0.478 e. The average molecular weight is 859 g/mol. The Bertz CT molecular complexity index is 2810. The number of rotatable bonds is 12. The number of aldehydes is 1. The number of hydrogen-bond acceptors (Lipinski definition) is 4. The zero-order valence-electron chi connectivity index (χ0n) is 37.2. The Labute approximate surface area is 382 Å². The standard InChI is InChI=1S/C59H54O6/c1-57(2)33-30-49(51-27-26-48(36-52(51)57)54(61)28-18-42-14-24-47(25-15-42)56(64)65)44-20-16-43(17-21-44)37-58(3)34-29-45(19-11-40-8-5-4-6-9-40)50-31-35-59(39-60,38-53(50)58)32-7-10-41-12-22-46(23-13-41)55(62)63/h4-10,12-18,20-30,36,39,50,53H,31-35,37-38H2,1-3H3,(H,62,63)(H,64,65)/b10-7+,28-18+. The van der Waals surface area contributed by atoms with Crippen molar-refractivity contribution in [1.82, 2.24) is 0 Å². The lowest BCUT2D eigenvalue weighted by molar-refractivity contribution is -0.121. The number of hydrogen-bond donors (Lipinski definition) is 2. The Morgan fingerprint density at radius 1 is 0.723 bits per heavy atom. The van der Waals surface area contributed by atoms with E-state index >= 15 is 0 Å². The molecular formula is C59H54O6. The van der Waals surface area contributed by atoms with E-state index in [-0.39, 0.29) is 39.6 Å². The maximum atomic E-state index is 13.4. The molecule has 65 heavy (non-hydrogen) atoms. The third kappa shape index (κ3) is 9.86. The van der Waals surface area contributed by atoms with E-state index in [0.29, 0.717) is 12.0 Å². The van der Waals surface area contributed by atoms with E-state index in [1.54, 1.807) is 48.6 Å². The summed E-state index contributed by atoms with van der Waals surface area (Å²) < 4.78 is 0. The Balaban J connectivity index is 1.02. The first-order valence-corrected chi connectivity index (χ1v) is 22.5. The van der Waals surface area contributed by atoms with Crippen LogP contribution in [0.15, 0.2) is 151 Å². The predicted molar refractivity (Wildman–Crippen MR) is 259 cm³/mol. The van der Waals surface area contributed by atoms with Gasteiger partial charge in [0, 0.05) is 22.1 Å². The van der Waals surface area contributed by atoms with Gasteiger partial charge in [0.05, 0.1) is 11.1 Å². The topological polar surface area (TPSA) is 109 Å². The quantitative estimate of drug-likeness (QED) is 0.0560. The molecule has 0 aromatic heterocycles. The second-order valence-corrected chi connectivity index (χ2v) is 19.1. The molecule has 0 bridgehead atoms. The summed E-state index contributed by atoms with van der Waals surface area (Å²) in [6, 6.07) is 38.3. The Kier molecular flexibility index (Phi) is 12.7. The molecule has 0 saturated heterocycles. The molecule has 326 valence electrons. The van der Waals surface area contributed by atoms with E-state index < -0.39 is 17.4 Å². The number of ketones is 1. The third-order valence-corrected chi connectivity index (χ3v) is 14.1. The fraction of sp³-hybridized carbons (Fsp3) is 0.254. The van der Waals surface area contributed by atoms with Crippen molar-refractivity contribution in [3.63, 3.8) is 0 Å². The highest BCUT2D eigenvalue weighted by Gasteiger charge is 2.50. The van der Waals surface area contributed by atoms with Crippen molar-refractivity contribution in [2.24, 2.45) is 22.7 Å². The summed E-state index contributed by atoms with van der Waals surface area (Å²) in [5.41, 5.74) is 9.86. The van der Waals surface area contributed by atoms with Crippen LogP contribution in [0.1, 0.15) is 129 Å². The van der Waals surface area contributed by atoms with Crippen molar-refractivity contribution in [3.05, 3.63) is 207 Å². The van der Waals surface area contributed by atoms with Gasteiger partial charge in [0.2, 0.25) is 0 Å². The van der Waals surface area contributed by atoms with Crippen molar-refractivity contribution in [3.8, 4) is 11.8 Å². The lowest BCUT2D eigenvalue weighted by atomic mass is 9.51. The van der Waals surface area contributed by atoms with Gasteiger partial charge in [-0.2, -0.15) is 0 Å². The molecule has 6 heteroatoms. The molecule has 4 unspecified atom stereocenters. The first kappa shape index (κ1) is 44.5. The van der Waals surface area contributed by atoms with Gasteiger partial charge in [-0.05, 0) is 155 Å². The molecule has 0 amide bonds. The van der Waals surface area contributed by atoms with Crippen LogP contribution < -0.4 is 0 Å². The molecule has 1 fully saturated rings. The third-order valence-electron chi connectivity index (χ3n) is 14.1. The highest BCUT2D eigenvalue weighted by atomic mass is 16.4. The molecule has 0 spiro atoms. The lowest BCUT2D eigenvalue weighted by Gasteiger charge is -2.52. The summed E-state index contributed by atoms with van der Waals surface area (Å²) in [5.74, 6) is 5.41. The van der Waals surface area contributed by atoms with Crippen LogP contribution in [0.25, 0.3) is 17.7 Å². The number of allylic oxidation sites excluding steroid dienone is 5. The summed E-state index contributed by atoms with van der Waals surface area (Å²) in [7, 11) is 0. The summed E-state index contributed by atoms with van der Waals surface area (Å²) in [6.45, 7) is 6.82. The molecule has 8 rings (SSSR count). The van der Waals surface area contributed by atoms with E-state index in [1.807, 2.05) is 48.5 Å². The molecule has 3 aliphatic carbocycles. The first-order valence-electron chi connectivity index (χ1n) is 22.5. The van der Waals surface area contributed by atoms with Gasteiger partial charge in [0.25, 0.3) is 0 Å². The summed E-state index contributed by atoms with van der Waals surface area (Å²) in [5, 5.41) is 18.5. The van der Waals surface area contributed by atoms with Gasteiger partial charge in [0.15, 0.2) is 5.78 Å². The Morgan fingerprint density at radius 2 is 1.37 bits per heavy atom. The van der Waals surface area contributed by atoms with E-state index in [1.165, 1.54) is 29.6 Å². The van der Waals surface area contributed by atoms with Crippen LogP contribution in [0.2, 0.25) is 0 Å². The second-order valence-electron chi connectivity index (χ2n) is 19.1. The fourth-order valence-corrected chi connectivity index (χ4v) is 10.2. The van der Waals surface area contributed by atoms with Gasteiger partial charge in [-0.15, -0.1) is 0 Å². The number of carboxylic acids is 2. The van der Waals surface area contributed by atoms with E-state index in [9.17, 15) is 29.4 Å². The van der Waals surface area contributed by atoms with Gasteiger partial charge < -0.3 is 15.0 Å². The molecule has 5 aromatic rings. The number of benzene rings is 5. The minimum Gasteiger partial charge on any atom is -0.478 e. The molecule has 2 N–H and O–H groups in total. The van der Waals surface area contributed by atoms with Crippen LogP contribution in [0.4, 0.5) is 0 Å². The highest BCUT2D eigenvalue weighted by molar-refractivity contribution is 6.07. The van der Waals surface area contributed by atoms with Gasteiger partial charge in [0.1, 0.15) is 6.29 Å². The van der Waals surface area contributed by atoms with Crippen LogP contribution in [-0.4, -0.2) is 34.2 Å². The zero-order chi connectivity index (χ0) is 45.8.